The summed E-state index contributed by atoms with van der Waals surface area (Å²) >= 11 is 0. The van der Waals surface area contributed by atoms with Gasteiger partial charge in [-0.15, -0.1) is 0 Å². The maximum Gasteiger partial charge on any atom is 0.339 e. The Hall–Kier alpha value is -3.90. The van der Waals surface area contributed by atoms with Crippen LogP contribution in [0.2, 0.25) is 0 Å². The molecule has 0 spiro atoms. The van der Waals surface area contributed by atoms with Crippen molar-refractivity contribution >= 4 is 23.8 Å². The van der Waals surface area contributed by atoms with Crippen LogP contribution in [0.1, 0.15) is 11.1 Å². The van der Waals surface area contributed by atoms with Gasteiger partial charge in [-0.05, 0) is 47.5 Å². The van der Waals surface area contributed by atoms with E-state index in [1.807, 2.05) is 80.6 Å². The average molecular weight is 473 g/mol. The fraction of sp³-hybridized carbons (Fsp3) is 0.148. The number of anilines is 2. The Balaban J connectivity index is 0.00000324. The van der Waals surface area contributed by atoms with Crippen LogP contribution in [-0.2, 0) is 0 Å². The summed E-state index contributed by atoms with van der Waals surface area (Å²) in [6.07, 6.45) is 7.55. The van der Waals surface area contributed by atoms with Crippen molar-refractivity contribution in [1.29, 1.82) is 0 Å². The normalized spacial score (nSPS) is 11.1. The molecule has 0 saturated carbocycles. The van der Waals surface area contributed by atoms with Crippen molar-refractivity contribution in [2.24, 2.45) is 10.2 Å². The lowest BCUT2D eigenvalue weighted by Gasteiger charge is -2.11. The predicted molar refractivity (Wildman–Crippen MR) is 138 cm³/mol. The van der Waals surface area contributed by atoms with Gasteiger partial charge in [0.2, 0.25) is 0 Å². The number of halogens is 1. The first kappa shape index (κ1) is 24.7. The molecule has 4 rings (SSSR count). The van der Waals surface area contributed by atoms with E-state index in [-0.39, 0.29) is 12.4 Å². The monoisotopic (exact) mass is 472 g/mol. The van der Waals surface area contributed by atoms with E-state index in [1.54, 1.807) is 0 Å². The van der Waals surface area contributed by atoms with E-state index in [9.17, 15) is 0 Å². The molecule has 0 N–H and O–H groups in total. The number of nitrogens with zero attached hydrogens (tertiary/aromatic N) is 6. The SMILES string of the molecule is CN(C)c1ccc(/C=N/n2cc[n+](/N=C/c3ccc(N(C)C)cc3)c2-c2ccccc2)cc1.[Cl-]. The summed E-state index contributed by atoms with van der Waals surface area (Å²) in [5, 5.41) is 9.42. The van der Waals surface area contributed by atoms with Gasteiger partial charge < -0.3 is 22.2 Å². The third-order valence-electron chi connectivity index (χ3n) is 5.30. The van der Waals surface area contributed by atoms with Gasteiger partial charge in [-0.2, -0.15) is 0 Å². The number of benzene rings is 3. The molecule has 0 aliphatic rings. The van der Waals surface area contributed by atoms with Gasteiger partial charge in [-0.3, -0.25) is 0 Å². The minimum absolute atomic E-state index is 0. The summed E-state index contributed by atoms with van der Waals surface area (Å²) in [6.45, 7) is 0. The van der Waals surface area contributed by atoms with Crippen LogP contribution in [0, 0.1) is 0 Å². The Bertz CT molecular complexity index is 1160. The van der Waals surface area contributed by atoms with E-state index >= 15 is 0 Å². The molecule has 0 saturated heterocycles. The highest BCUT2D eigenvalue weighted by molar-refractivity contribution is 5.81. The van der Waals surface area contributed by atoms with Gasteiger partial charge in [-0.1, -0.05) is 62.0 Å². The van der Waals surface area contributed by atoms with Crippen LogP contribution >= 0.6 is 0 Å². The molecular weight excluding hydrogens is 444 g/mol. The zero-order chi connectivity index (χ0) is 23.2. The fourth-order valence-electron chi connectivity index (χ4n) is 3.39. The number of aromatic nitrogens is 2. The molecule has 4 aromatic rings. The van der Waals surface area contributed by atoms with Crippen molar-refractivity contribution in [2.45, 2.75) is 0 Å². The topological polar surface area (TPSA) is 40.0 Å². The molecule has 7 heteroatoms. The van der Waals surface area contributed by atoms with Crippen LogP contribution in [-0.4, -0.2) is 45.3 Å². The van der Waals surface area contributed by atoms with E-state index in [0.29, 0.717) is 0 Å². The molecule has 0 aliphatic carbocycles. The predicted octanol–water partition coefficient (Wildman–Crippen LogP) is 1.34. The molecule has 174 valence electrons. The lowest BCUT2D eigenvalue weighted by molar-refractivity contribution is -0.666. The zero-order valence-corrected chi connectivity index (χ0v) is 20.6. The van der Waals surface area contributed by atoms with Crippen molar-refractivity contribution in [2.75, 3.05) is 38.0 Å². The lowest BCUT2D eigenvalue weighted by atomic mass is 10.2. The second-order valence-electron chi connectivity index (χ2n) is 8.14. The molecule has 1 aromatic heterocycles. The van der Waals surface area contributed by atoms with Gasteiger partial charge in [0.1, 0.15) is 0 Å². The van der Waals surface area contributed by atoms with E-state index < -0.39 is 0 Å². The zero-order valence-electron chi connectivity index (χ0n) is 19.9. The molecule has 0 radical (unpaired) electrons. The Morgan fingerprint density at radius 2 is 1.24 bits per heavy atom. The van der Waals surface area contributed by atoms with Gasteiger partial charge >= 0.3 is 5.82 Å². The van der Waals surface area contributed by atoms with Crippen LogP contribution < -0.4 is 26.9 Å². The van der Waals surface area contributed by atoms with Gasteiger partial charge in [-0.25, -0.2) is 0 Å². The van der Waals surface area contributed by atoms with Crippen LogP contribution in [0.15, 0.2) is 101 Å². The average Bonchev–Trinajstić information content (AvgIpc) is 3.25. The molecule has 34 heavy (non-hydrogen) atoms. The highest BCUT2D eigenvalue weighted by Crippen LogP contribution is 2.16. The van der Waals surface area contributed by atoms with Crippen LogP contribution in [0.5, 0.6) is 0 Å². The van der Waals surface area contributed by atoms with Gasteiger partial charge in [0.25, 0.3) is 0 Å². The molecular formula is C27H29ClN6. The highest BCUT2D eigenvalue weighted by atomic mass is 35.5. The maximum atomic E-state index is 4.71. The summed E-state index contributed by atoms with van der Waals surface area (Å²) in [7, 11) is 8.13. The molecule has 0 amide bonds. The second kappa shape index (κ2) is 11.3. The minimum Gasteiger partial charge on any atom is -1.00 e. The molecule has 1 heterocycles. The van der Waals surface area contributed by atoms with Crippen LogP contribution in [0.3, 0.4) is 0 Å². The molecule has 0 aliphatic heterocycles. The summed E-state index contributed by atoms with van der Waals surface area (Å²) in [6, 6.07) is 26.8. The maximum absolute atomic E-state index is 4.71. The summed E-state index contributed by atoms with van der Waals surface area (Å²) < 4.78 is 3.70. The molecule has 0 fully saturated rings. The molecule has 0 bridgehead atoms. The standard InChI is InChI=1S/C27H29N6.ClH/c1-30(2)25-14-10-22(11-15-25)20-28-32-18-19-33(27(32)24-8-6-5-7-9-24)29-21-23-12-16-26(17-13-23)31(3)4;/h5-21H,1-4H3;1H/q+1;/p-1/b28-20+,29-21+;. The van der Waals surface area contributed by atoms with Crippen molar-refractivity contribution in [1.82, 2.24) is 4.68 Å². The Labute approximate surface area is 207 Å². The highest BCUT2D eigenvalue weighted by Gasteiger charge is 2.19. The first-order valence-corrected chi connectivity index (χ1v) is 10.8. The van der Waals surface area contributed by atoms with Gasteiger partial charge in [0.05, 0.1) is 18.0 Å². The van der Waals surface area contributed by atoms with Gasteiger partial charge in [0, 0.05) is 39.6 Å². The largest absolute Gasteiger partial charge is 1.00 e. The van der Waals surface area contributed by atoms with Gasteiger partial charge in [0.15, 0.2) is 12.4 Å². The number of rotatable bonds is 7. The second-order valence-corrected chi connectivity index (χ2v) is 8.14. The summed E-state index contributed by atoms with van der Waals surface area (Å²) in [4.78, 5) is 4.16. The Kier molecular flexibility index (Phi) is 8.22. The van der Waals surface area contributed by atoms with Crippen molar-refractivity contribution < 1.29 is 17.1 Å². The smallest absolute Gasteiger partial charge is 0.339 e. The van der Waals surface area contributed by atoms with E-state index in [4.69, 9.17) is 10.2 Å². The van der Waals surface area contributed by atoms with E-state index in [0.717, 1.165) is 33.9 Å². The summed E-state index contributed by atoms with van der Waals surface area (Å²) in [5.74, 6) is 0.873. The fourth-order valence-corrected chi connectivity index (χ4v) is 3.39. The summed E-state index contributed by atoms with van der Waals surface area (Å²) in [5.41, 5.74) is 5.41. The van der Waals surface area contributed by atoms with E-state index in [2.05, 4.69) is 70.5 Å². The van der Waals surface area contributed by atoms with Crippen molar-refractivity contribution in [3.05, 3.63) is 102 Å². The Morgan fingerprint density at radius 3 is 1.76 bits per heavy atom. The number of hydrogen-bond acceptors (Lipinski definition) is 4. The minimum atomic E-state index is 0. The quantitative estimate of drug-likeness (QED) is 0.301. The van der Waals surface area contributed by atoms with Crippen molar-refractivity contribution in [3.63, 3.8) is 0 Å². The third-order valence-corrected chi connectivity index (χ3v) is 5.30. The van der Waals surface area contributed by atoms with Crippen LogP contribution in [0.25, 0.3) is 11.4 Å². The first-order chi connectivity index (χ1) is 16.0. The van der Waals surface area contributed by atoms with Crippen molar-refractivity contribution in [3.8, 4) is 11.4 Å². The number of imidazole rings is 1. The lowest BCUT2D eigenvalue weighted by Crippen LogP contribution is -3.00. The molecule has 6 nitrogen and oxygen atoms in total. The van der Waals surface area contributed by atoms with Crippen LogP contribution in [0.4, 0.5) is 11.4 Å². The Morgan fingerprint density at radius 1 is 0.706 bits per heavy atom. The molecule has 0 unspecified atom stereocenters. The first-order valence-electron chi connectivity index (χ1n) is 10.8. The number of hydrogen-bond donors (Lipinski definition) is 0. The molecule has 0 atom stereocenters. The van der Waals surface area contributed by atoms with E-state index in [1.165, 1.54) is 0 Å². The molecule has 3 aromatic carbocycles. The third kappa shape index (κ3) is 5.91.